The van der Waals surface area contributed by atoms with Crippen LogP contribution in [0.4, 0.5) is 11.4 Å². The summed E-state index contributed by atoms with van der Waals surface area (Å²) in [6, 6.07) is 19.0. The van der Waals surface area contributed by atoms with Crippen LogP contribution in [0.5, 0.6) is 11.5 Å². The zero-order valence-corrected chi connectivity index (χ0v) is 20.8. The van der Waals surface area contributed by atoms with Gasteiger partial charge in [0, 0.05) is 17.8 Å². The van der Waals surface area contributed by atoms with Crippen LogP contribution >= 0.6 is 0 Å². The first kappa shape index (κ1) is 27.4. The van der Waals surface area contributed by atoms with E-state index in [0.29, 0.717) is 34.9 Å². The van der Waals surface area contributed by atoms with Crippen LogP contribution in [0, 0.1) is 21.4 Å². The Morgan fingerprint density at radius 2 is 1.68 bits per heavy atom. The maximum atomic E-state index is 12.7. The lowest BCUT2D eigenvalue weighted by atomic mass is 10.1. The first-order valence-electron chi connectivity index (χ1n) is 11.7. The molecule has 0 aromatic heterocycles. The minimum absolute atomic E-state index is 0.00841. The van der Waals surface area contributed by atoms with Crippen LogP contribution in [0.1, 0.15) is 35.3 Å². The standard InChI is InChI=1S/C28H25N3O7/c1-3-36-26-16-20(7-14-25(26)38-18-19-5-12-24(13-6-19)31(34)35)15-22(17-29)27(32)30-23-10-8-21(9-11-23)28(33)37-4-2/h5-16H,3-4,18H2,1-2H3,(H,30,32)/b22-15+. The molecule has 3 aromatic carbocycles. The fraction of sp³-hybridized carbons (Fsp3) is 0.179. The highest BCUT2D eigenvalue weighted by molar-refractivity contribution is 6.09. The summed E-state index contributed by atoms with van der Waals surface area (Å²) in [5.74, 6) is -0.233. The topological polar surface area (TPSA) is 141 Å². The molecule has 0 radical (unpaired) electrons. The monoisotopic (exact) mass is 515 g/mol. The molecule has 0 fully saturated rings. The third-order valence-corrected chi connectivity index (χ3v) is 5.14. The highest BCUT2D eigenvalue weighted by Gasteiger charge is 2.13. The van der Waals surface area contributed by atoms with Crippen molar-refractivity contribution in [3.63, 3.8) is 0 Å². The molecule has 3 rings (SSSR count). The van der Waals surface area contributed by atoms with Crippen molar-refractivity contribution in [1.29, 1.82) is 5.26 Å². The number of rotatable bonds is 11. The van der Waals surface area contributed by atoms with Gasteiger partial charge in [-0.2, -0.15) is 5.26 Å². The third-order valence-electron chi connectivity index (χ3n) is 5.14. The highest BCUT2D eigenvalue weighted by atomic mass is 16.6. The molecule has 0 saturated carbocycles. The number of hydrogen-bond donors (Lipinski definition) is 1. The SMILES string of the molecule is CCOC(=O)c1ccc(NC(=O)/C(C#N)=C/c2ccc(OCc3ccc([N+](=O)[O-])cc3)c(OCC)c2)cc1. The molecular weight excluding hydrogens is 490 g/mol. The number of hydrogen-bond acceptors (Lipinski definition) is 8. The Labute approximate surface area is 219 Å². The fourth-order valence-corrected chi connectivity index (χ4v) is 3.29. The van der Waals surface area contributed by atoms with Crippen molar-refractivity contribution >= 4 is 29.3 Å². The summed E-state index contributed by atoms with van der Waals surface area (Å²) >= 11 is 0. The minimum Gasteiger partial charge on any atom is -0.490 e. The van der Waals surface area contributed by atoms with E-state index in [2.05, 4.69) is 5.32 Å². The smallest absolute Gasteiger partial charge is 0.338 e. The van der Waals surface area contributed by atoms with Gasteiger partial charge in [-0.05, 0) is 79.6 Å². The molecule has 10 heteroatoms. The van der Waals surface area contributed by atoms with Crippen LogP contribution in [0.2, 0.25) is 0 Å². The normalized spacial score (nSPS) is 10.7. The third kappa shape index (κ3) is 7.41. The number of nitrogens with one attached hydrogen (secondary N) is 1. The van der Waals surface area contributed by atoms with Crippen LogP contribution in [-0.4, -0.2) is 30.0 Å². The zero-order chi connectivity index (χ0) is 27.5. The predicted octanol–water partition coefficient (Wildman–Crippen LogP) is 5.29. The summed E-state index contributed by atoms with van der Waals surface area (Å²) in [5.41, 5.74) is 1.89. The minimum atomic E-state index is -0.618. The molecule has 0 bridgehead atoms. The average molecular weight is 516 g/mol. The molecular formula is C28H25N3O7. The Bertz CT molecular complexity index is 1380. The predicted molar refractivity (Wildman–Crippen MR) is 140 cm³/mol. The van der Waals surface area contributed by atoms with Crippen LogP contribution in [0.15, 0.2) is 72.3 Å². The van der Waals surface area contributed by atoms with Crippen LogP contribution in [0.3, 0.4) is 0 Å². The number of amides is 1. The summed E-state index contributed by atoms with van der Waals surface area (Å²) in [5, 5.41) is 23.0. The van der Waals surface area contributed by atoms with E-state index in [1.54, 1.807) is 49.4 Å². The molecule has 38 heavy (non-hydrogen) atoms. The van der Waals surface area contributed by atoms with Gasteiger partial charge in [-0.15, -0.1) is 0 Å². The second-order valence-electron chi connectivity index (χ2n) is 7.77. The number of nitro benzene ring substituents is 1. The number of ether oxygens (including phenoxy) is 3. The van der Waals surface area contributed by atoms with Crippen LogP contribution < -0.4 is 14.8 Å². The number of nitrogens with zero attached hydrogens (tertiary/aromatic N) is 2. The lowest BCUT2D eigenvalue weighted by molar-refractivity contribution is -0.384. The van der Waals surface area contributed by atoms with E-state index < -0.39 is 16.8 Å². The first-order valence-corrected chi connectivity index (χ1v) is 11.7. The summed E-state index contributed by atoms with van der Waals surface area (Å²) in [6.07, 6.45) is 1.42. The first-order chi connectivity index (χ1) is 18.3. The van der Waals surface area contributed by atoms with Gasteiger partial charge in [0.1, 0.15) is 18.2 Å². The quantitative estimate of drug-likeness (QED) is 0.119. The van der Waals surface area contributed by atoms with Gasteiger partial charge in [0.15, 0.2) is 11.5 Å². The van der Waals surface area contributed by atoms with E-state index in [4.69, 9.17) is 14.2 Å². The maximum absolute atomic E-state index is 12.7. The van der Waals surface area contributed by atoms with Gasteiger partial charge < -0.3 is 19.5 Å². The van der Waals surface area contributed by atoms with Crippen molar-refractivity contribution in [2.24, 2.45) is 0 Å². The van der Waals surface area contributed by atoms with Crippen molar-refractivity contribution in [2.75, 3.05) is 18.5 Å². The number of carbonyl (C=O) groups is 2. The van der Waals surface area contributed by atoms with Crippen molar-refractivity contribution in [1.82, 2.24) is 0 Å². The van der Waals surface area contributed by atoms with E-state index in [9.17, 15) is 25.0 Å². The number of benzene rings is 3. The van der Waals surface area contributed by atoms with E-state index >= 15 is 0 Å². The molecule has 1 amide bonds. The number of nitro groups is 1. The summed E-state index contributed by atoms with van der Waals surface area (Å²) in [4.78, 5) is 34.8. The van der Waals surface area contributed by atoms with Gasteiger partial charge in [0.25, 0.3) is 11.6 Å². The van der Waals surface area contributed by atoms with Gasteiger partial charge in [0.05, 0.1) is 23.7 Å². The average Bonchev–Trinajstić information content (AvgIpc) is 2.92. The Morgan fingerprint density at radius 3 is 2.29 bits per heavy atom. The molecule has 1 N–H and O–H groups in total. The van der Waals surface area contributed by atoms with E-state index in [1.807, 2.05) is 13.0 Å². The van der Waals surface area contributed by atoms with Crippen molar-refractivity contribution in [3.8, 4) is 17.6 Å². The number of anilines is 1. The van der Waals surface area contributed by atoms with Gasteiger partial charge >= 0.3 is 5.97 Å². The molecule has 0 saturated heterocycles. The highest BCUT2D eigenvalue weighted by Crippen LogP contribution is 2.30. The molecule has 0 aliphatic heterocycles. The Kier molecular flexibility index (Phi) is 9.54. The Balaban J connectivity index is 1.72. The van der Waals surface area contributed by atoms with Crippen molar-refractivity contribution in [3.05, 3.63) is 99.1 Å². The molecule has 0 heterocycles. The Hall–Kier alpha value is -5.17. The molecule has 0 aliphatic carbocycles. The van der Waals surface area contributed by atoms with E-state index in [0.717, 1.165) is 5.56 Å². The molecule has 0 unspecified atom stereocenters. The number of carbonyl (C=O) groups excluding carboxylic acids is 2. The van der Waals surface area contributed by atoms with E-state index in [-0.39, 0.29) is 24.5 Å². The van der Waals surface area contributed by atoms with E-state index in [1.165, 1.54) is 30.3 Å². The largest absolute Gasteiger partial charge is 0.490 e. The van der Waals surface area contributed by atoms with Gasteiger partial charge in [0.2, 0.25) is 0 Å². The van der Waals surface area contributed by atoms with Crippen molar-refractivity contribution in [2.45, 2.75) is 20.5 Å². The summed E-state index contributed by atoms with van der Waals surface area (Å²) in [6.45, 7) is 4.29. The van der Waals surface area contributed by atoms with Crippen LogP contribution in [-0.2, 0) is 16.1 Å². The Morgan fingerprint density at radius 1 is 0.974 bits per heavy atom. The maximum Gasteiger partial charge on any atom is 0.338 e. The number of non-ortho nitro benzene ring substituents is 1. The molecule has 0 atom stereocenters. The fourth-order valence-electron chi connectivity index (χ4n) is 3.29. The van der Waals surface area contributed by atoms with Gasteiger partial charge in [-0.25, -0.2) is 4.79 Å². The number of nitriles is 1. The van der Waals surface area contributed by atoms with Gasteiger partial charge in [-0.1, -0.05) is 6.07 Å². The zero-order valence-electron chi connectivity index (χ0n) is 20.8. The summed E-state index contributed by atoms with van der Waals surface area (Å²) in [7, 11) is 0. The lowest BCUT2D eigenvalue weighted by Gasteiger charge is -2.13. The van der Waals surface area contributed by atoms with Crippen molar-refractivity contribution < 1.29 is 28.7 Å². The van der Waals surface area contributed by atoms with Crippen LogP contribution in [0.25, 0.3) is 6.08 Å². The number of esters is 1. The molecule has 0 aliphatic rings. The second-order valence-corrected chi connectivity index (χ2v) is 7.77. The molecule has 194 valence electrons. The molecule has 10 nitrogen and oxygen atoms in total. The molecule has 3 aromatic rings. The van der Waals surface area contributed by atoms with Gasteiger partial charge in [-0.3, -0.25) is 14.9 Å². The molecule has 0 spiro atoms. The second kappa shape index (κ2) is 13.2. The lowest BCUT2D eigenvalue weighted by Crippen LogP contribution is -2.13. The summed E-state index contributed by atoms with van der Waals surface area (Å²) < 4.78 is 16.4.